The monoisotopic (exact) mass is 230 g/mol. The Morgan fingerprint density at radius 2 is 1.67 bits per heavy atom. The number of rotatable bonds is 1. The molecule has 0 radical (unpaired) electrons. The van der Waals surface area contributed by atoms with Gasteiger partial charge < -0.3 is 5.43 Å². The highest BCUT2D eigenvalue weighted by Crippen LogP contribution is 2.22. The van der Waals surface area contributed by atoms with Crippen LogP contribution >= 0.6 is 11.6 Å². The number of hydrazine groups is 1. The second-order valence-corrected chi connectivity index (χ2v) is 3.12. The third-order valence-electron chi connectivity index (χ3n) is 1.80. The van der Waals surface area contributed by atoms with Crippen LogP contribution in [-0.4, -0.2) is 9.97 Å². The Morgan fingerprint density at radius 3 is 2.20 bits per heavy atom. The van der Waals surface area contributed by atoms with Crippen LogP contribution in [0, 0.1) is 11.6 Å². The SMILES string of the molecule is NNc1nc2cc(F)c(F)cc2nc1Cl. The average molecular weight is 231 g/mol. The van der Waals surface area contributed by atoms with Crippen LogP contribution < -0.4 is 11.3 Å². The molecule has 0 atom stereocenters. The van der Waals surface area contributed by atoms with Gasteiger partial charge in [-0.05, 0) is 0 Å². The third kappa shape index (κ3) is 1.69. The largest absolute Gasteiger partial charge is 0.306 e. The molecule has 2 aromatic rings. The fourth-order valence-electron chi connectivity index (χ4n) is 1.12. The number of nitrogens with two attached hydrogens (primary N) is 1. The molecule has 0 fully saturated rings. The summed E-state index contributed by atoms with van der Waals surface area (Å²) in [6.07, 6.45) is 0. The van der Waals surface area contributed by atoms with E-state index in [9.17, 15) is 8.78 Å². The second-order valence-electron chi connectivity index (χ2n) is 2.76. The van der Waals surface area contributed by atoms with Crippen molar-refractivity contribution in [2.24, 2.45) is 5.84 Å². The minimum absolute atomic E-state index is 0.00370. The van der Waals surface area contributed by atoms with E-state index >= 15 is 0 Å². The molecular weight excluding hydrogens is 226 g/mol. The molecule has 0 unspecified atom stereocenters. The molecule has 15 heavy (non-hydrogen) atoms. The molecule has 1 heterocycles. The Kier molecular flexibility index (Phi) is 2.37. The Bertz CT molecular complexity index is 532. The van der Waals surface area contributed by atoms with Crippen molar-refractivity contribution in [2.75, 3.05) is 5.43 Å². The highest BCUT2D eigenvalue weighted by Gasteiger charge is 2.09. The molecule has 1 aromatic carbocycles. The smallest absolute Gasteiger partial charge is 0.178 e. The summed E-state index contributed by atoms with van der Waals surface area (Å²) < 4.78 is 25.7. The van der Waals surface area contributed by atoms with Crippen LogP contribution in [0.1, 0.15) is 0 Å². The van der Waals surface area contributed by atoms with E-state index in [-0.39, 0.29) is 22.0 Å². The van der Waals surface area contributed by atoms with Crippen molar-refractivity contribution in [1.82, 2.24) is 9.97 Å². The maximum atomic E-state index is 12.9. The molecule has 78 valence electrons. The van der Waals surface area contributed by atoms with E-state index in [0.29, 0.717) is 0 Å². The van der Waals surface area contributed by atoms with Gasteiger partial charge in [-0.3, -0.25) is 0 Å². The summed E-state index contributed by atoms with van der Waals surface area (Å²) in [6.45, 7) is 0. The molecule has 4 nitrogen and oxygen atoms in total. The Hall–Kier alpha value is -1.53. The average Bonchev–Trinajstić information content (AvgIpc) is 2.20. The van der Waals surface area contributed by atoms with Crippen molar-refractivity contribution < 1.29 is 8.78 Å². The van der Waals surface area contributed by atoms with Gasteiger partial charge in [-0.1, -0.05) is 11.6 Å². The van der Waals surface area contributed by atoms with Gasteiger partial charge in [0.1, 0.15) is 0 Å². The van der Waals surface area contributed by atoms with E-state index in [1.165, 1.54) is 0 Å². The Labute approximate surface area is 88.0 Å². The van der Waals surface area contributed by atoms with E-state index in [1.54, 1.807) is 0 Å². The molecule has 0 bridgehead atoms. The third-order valence-corrected chi connectivity index (χ3v) is 2.06. The van der Waals surface area contributed by atoms with Crippen LogP contribution in [0.3, 0.4) is 0 Å². The summed E-state index contributed by atoms with van der Waals surface area (Å²) in [4.78, 5) is 7.66. The number of hydrogen-bond acceptors (Lipinski definition) is 4. The van der Waals surface area contributed by atoms with Gasteiger partial charge >= 0.3 is 0 Å². The lowest BCUT2D eigenvalue weighted by Gasteiger charge is -2.04. The van der Waals surface area contributed by atoms with Gasteiger partial charge in [-0.25, -0.2) is 24.6 Å². The molecule has 0 aliphatic rings. The number of hydrogen-bond donors (Lipinski definition) is 2. The predicted octanol–water partition coefficient (Wildman–Crippen LogP) is 1.85. The number of nitrogens with zero attached hydrogens (tertiary/aromatic N) is 2. The summed E-state index contributed by atoms with van der Waals surface area (Å²) in [6, 6.07) is 1.85. The van der Waals surface area contributed by atoms with Crippen molar-refractivity contribution >= 4 is 28.5 Å². The van der Waals surface area contributed by atoms with E-state index < -0.39 is 11.6 Å². The lowest BCUT2D eigenvalue weighted by molar-refractivity contribution is 0.510. The summed E-state index contributed by atoms with van der Waals surface area (Å²) >= 11 is 5.66. The molecule has 0 amide bonds. The van der Waals surface area contributed by atoms with Crippen molar-refractivity contribution in [1.29, 1.82) is 0 Å². The zero-order chi connectivity index (χ0) is 11.0. The lowest BCUT2D eigenvalue weighted by Crippen LogP contribution is -2.10. The first-order valence-corrected chi connectivity index (χ1v) is 4.28. The van der Waals surface area contributed by atoms with Crippen molar-refractivity contribution in [3.8, 4) is 0 Å². The van der Waals surface area contributed by atoms with Gasteiger partial charge in [0, 0.05) is 12.1 Å². The van der Waals surface area contributed by atoms with Gasteiger partial charge in [0.25, 0.3) is 0 Å². The standard InChI is InChI=1S/C8H5ClF2N4/c9-7-8(15-12)14-6-2-4(11)3(10)1-5(6)13-7/h1-2H,12H2,(H,14,15). The molecule has 1 aromatic heterocycles. The Balaban J connectivity index is 2.76. The first-order chi connectivity index (χ1) is 7.11. The van der Waals surface area contributed by atoms with Crippen LogP contribution in [-0.2, 0) is 0 Å². The summed E-state index contributed by atoms with van der Waals surface area (Å²) in [5, 5.41) is -0.00370. The van der Waals surface area contributed by atoms with E-state index in [1.807, 2.05) is 0 Å². The topological polar surface area (TPSA) is 63.8 Å². The van der Waals surface area contributed by atoms with Gasteiger partial charge in [0.05, 0.1) is 11.0 Å². The maximum Gasteiger partial charge on any atom is 0.178 e. The van der Waals surface area contributed by atoms with Crippen LogP contribution in [0.25, 0.3) is 11.0 Å². The molecule has 0 spiro atoms. The predicted molar refractivity (Wildman–Crippen MR) is 52.3 cm³/mol. The molecule has 2 rings (SSSR count). The number of halogens is 3. The first kappa shape index (κ1) is 10.0. The fourth-order valence-corrected chi connectivity index (χ4v) is 1.31. The number of aromatic nitrogens is 2. The number of nitrogens with one attached hydrogen (secondary N) is 1. The number of benzene rings is 1. The molecule has 0 saturated carbocycles. The zero-order valence-corrected chi connectivity index (χ0v) is 8.02. The van der Waals surface area contributed by atoms with Gasteiger partial charge in [-0.2, -0.15) is 0 Å². The first-order valence-electron chi connectivity index (χ1n) is 3.90. The van der Waals surface area contributed by atoms with Crippen LogP contribution in [0.5, 0.6) is 0 Å². The highest BCUT2D eigenvalue weighted by atomic mass is 35.5. The van der Waals surface area contributed by atoms with Crippen LogP contribution in [0.4, 0.5) is 14.6 Å². The zero-order valence-electron chi connectivity index (χ0n) is 7.26. The fraction of sp³-hybridized carbons (Fsp3) is 0. The molecule has 0 saturated heterocycles. The van der Waals surface area contributed by atoms with Crippen molar-refractivity contribution in [3.05, 3.63) is 28.9 Å². The van der Waals surface area contributed by atoms with Gasteiger partial charge in [-0.15, -0.1) is 0 Å². The highest BCUT2D eigenvalue weighted by molar-refractivity contribution is 6.32. The normalized spacial score (nSPS) is 10.7. The maximum absolute atomic E-state index is 12.9. The van der Waals surface area contributed by atoms with Crippen molar-refractivity contribution in [2.45, 2.75) is 0 Å². The quantitative estimate of drug-likeness (QED) is 0.580. The second kappa shape index (κ2) is 3.56. The lowest BCUT2D eigenvalue weighted by atomic mass is 10.3. The van der Waals surface area contributed by atoms with Crippen LogP contribution in [0.2, 0.25) is 5.15 Å². The van der Waals surface area contributed by atoms with Gasteiger partial charge in [0.15, 0.2) is 22.6 Å². The summed E-state index contributed by atoms with van der Waals surface area (Å²) in [7, 11) is 0. The molecule has 0 aliphatic carbocycles. The van der Waals surface area contributed by atoms with Crippen LogP contribution in [0.15, 0.2) is 12.1 Å². The Morgan fingerprint density at radius 1 is 1.13 bits per heavy atom. The molecule has 3 N–H and O–H groups in total. The number of fused-ring (bicyclic) bond motifs is 1. The summed E-state index contributed by atoms with van der Waals surface area (Å²) in [5.74, 6) is 3.21. The molecular formula is C8H5ClF2N4. The van der Waals surface area contributed by atoms with Gasteiger partial charge in [0.2, 0.25) is 0 Å². The van der Waals surface area contributed by atoms with E-state index in [2.05, 4.69) is 15.4 Å². The number of anilines is 1. The molecule has 7 heteroatoms. The number of nitrogen functional groups attached to an aromatic ring is 1. The minimum atomic E-state index is -0.999. The minimum Gasteiger partial charge on any atom is -0.306 e. The van der Waals surface area contributed by atoms with E-state index in [0.717, 1.165) is 12.1 Å². The van der Waals surface area contributed by atoms with Crippen molar-refractivity contribution in [3.63, 3.8) is 0 Å². The molecule has 0 aliphatic heterocycles. The van der Waals surface area contributed by atoms with E-state index in [4.69, 9.17) is 17.4 Å². The summed E-state index contributed by atoms with van der Waals surface area (Å²) in [5.41, 5.74) is 2.54.